The lowest BCUT2D eigenvalue weighted by atomic mass is 10.1. The molecule has 0 bridgehead atoms. The molecule has 1 aromatic carbocycles. The van der Waals surface area contributed by atoms with Crippen molar-refractivity contribution in [2.24, 2.45) is 0 Å². The van der Waals surface area contributed by atoms with Gasteiger partial charge in [0.25, 0.3) is 6.01 Å². The number of hydrogen-bond donors (Lipinski definition) is 3. The minimum Gasteiger partial charge on any atom is -0.481 e. The molecule has 0 unspecified atom stereocenters. The van der Waals surface area contributed by atoms with Crippen molar-refractivity contribution >= 4 is 23.6 Å². The Kier molecular flexibility index (Phi) is 4.22. The van der Waals surface area contributed by atoms with Crippen LogP contribution in [0.4, 0.5) is 11.7 Å². The van der Waals surface area contributed by atoms with Gasteiger partial charge < -0.3 is 19.9 Å². The summed E-state index contributed by atoms with van der Waals surface area (Å²) in [4.78, 5) is 25.3. The van der Waals surface area contributed by atoms with Crippen molar-refractivity contribution in [2.45, 2.75) is 19.8 Å². The van der Waals surface area contributed by atoms with Gasteiger partial charge in [0.2, 0.25) is 0 Å². The Labute approximate surface area is 120 Å². The first-order chi connectivity index (χ1) is 9.94. The summed E-state index contributed by atoms with van der Waals surface area (Å²) in [7, 11) is 0. The average Bonchev–Trinajstić information content (AvgIpc) is 2.71. The summed E-state index contributed by atoms with van der Waals surface area (Å²) in [5.74, 6) is -1.58. The second-order valence-corrected chi connectivity index (χ2v) is 4.49. The van der Waals surface area contributed by atoms with Crippen LogP contribution in [0.15, 0.2) is 28.7 Å². The number of nitrogens with zero attached hydrogens (tertiary/aromatic N) is 1. The molecule has 0 aliphatic carbocycles. The molecule has 2 aromatic rings. The highest BCUT2D eigenvalue weighted by Gasteiger charge is 2.13. The molecule has 21 heavy (non-hydrogen) atoms. The number of oxazole rings is 1. The topological polar surface area (TPSA) is 113 Å². The fourth-order valence-corrected chi connectivity index (χ4v) is 1.79. The van der Waals surface area contributed by atoms with Crippen molar-refractivity contribution in [3.05, 3.63) is 41.3 Å². The number of aryl methyl sites for hydroxylation is 1. The van der Waals surface area contributed by atoms with E-state index in [2.05, 4.69) is 10.3 Å². The summed E-state index contributed by atoms with van der Waals surface area (Å²) in [6.45, 7) is 1.67. The molecular formula is C14H14N2O5. The first-order valence-corrected chi connectivity index (χ1v) is 6.20. The Bertz CT molecular complexity index is 661. The van der Waals surface area contributed by atoms with Gasteiger partial charge in [-0.1, -0.05) is 12.1 Å². The third kappa shape index (κ3) is 4.07. The summed E-state index contributed by atoms with van der Waals surface area (Å²) in [6.07, 6.45) is -0.265. The van der Waals surface area contributed by atoms with E-state index in [1.54, 1.807) is 31.2 Å². The zero-order valence-corrected chi connectivity index (χ0v) is 11.3. The Balaban J connectivity index is 2.07. The summed E-state index contributed by atoms with van der Waals surface area (Å²) >= 11 is 0. The van der Waals surface area contributed by atoms with Gasteiger partial charge in [-0.3, -0.25) is 9.59 Å². The number of anilines is 2. The second-order valence-electron chi connectivity index (χ2n) is 4.49. The van der Waals surface area contributed by atoms with Gasteiger partial charge >= 0.3 is 11.9 Å². The molecule has 2 rings (SSSR count). The van der Waals surface area contributed by atoms with Crippen molar-refractivity contribution in [1.29, 1.82) is 0 Å². The molecule has 0 spiro atoms. The number of nitrogens with one attached hydrogen (secondary N) is 1. The summed E-state index contributed by atoms with van der Waals surface area (Å²) < 4.78 is 5.33. The zero-order valence-electron chi connectivity index (χ0n) is 11.3. The fraction of sp³-hybridized carbons (Fsp3) is 0.214. The first-order valence-electron chi connectivity index (χ1n) is 6.20. The van der Waals surface area contributed by atoms with E-state index in [0.717, 1.165) is 0 Å². The molecule has 1 heterocycles. The molecule has 0 atom stereocenters. The number of carboxylic acids is 2. The van der Waals surface area contributed by atoms with Gasteiger partial charge in [-0.25, -0.2) is 0 Å². The lowest BCUT2D eigenvalue weighted by Gasteiger charge is -2.02. The number of carbonyl (C=O) groups is 2. The Hall–Kier alpha value is -2.83. The van der Waals surface area contributed by atoms with Crippen LogP contribution in [0.1, 0.15) is 17.0 Å². The van der Waals surface area contributed by atoms with Crippen LogP contribution in [0.25, 0.3) is 0 Å². The average molecular weight is 290 g/mol. The summed E-state index contributed by atoms with van der Waals surface area (Å²) in [5.41, 5.74) is 1.87. The number of benzene rings is 1. The van der Waals surface area contributed by atoms with E-state index in [4.69, 9.17) is 14.6 Å². The van der Waals surface area contributed by atoms with Crippen molar-refractivity contribution in [1.82, 2.24) is 4.98 Å². The maximum atomic E-state index is 10.7. The largest absolute Gasteiger partial charge is 0.481 e. The van der Waals surface area contributed by atoms with E-state index in [1.807, 2.05) is 0 Å². The van der Waals surface area contributed by atoms with E-state index in [1.165, 1.54) is 0 Å². The normalized spacial score (nSPS) is 10.3. The number of aliphatic carboxylic acids is 2. The van der Waals surface area contributed by atoms with E-state index in [-0.39, 0.29) is 18.9 Å². The molecular weight excluding hydrogens is 276 g/mol. The quantitative estimate of drug-likeness (QED) is 0.745. The van der Waals surface area contributed by atoms with Gasteiger partial charge in [0.1, 0.15) is 12.2 Å². The van der Waals surface area contributed by atoms with Crippen LogP contribution in [0.5, 0.6) is 0 Å². The molecule has 0 aliphatic rings. The summed E-state index contributed by atoms with van der Waals surface area (Å²) in [6, 6.07) is 6.98. The monoisotopic (exact) mass is 290 g/mol. The third-order valence-corrected chi connectivity index (χ3v) is 2.77. The van der Waals surface area contributed by atoms with E-state index < -0.39 is 11.9 Å². The Morgan fingerprint density at radius 2 is 1.76 bits per heavy atom. The fourth-order valence-electron chi connectivity index (χ4n) is 1.79. The zero-order chi connectivity index (χ0) is 15.4. The van der Waals surface area contributed by atoms with E-state index in [0.29, 0.717) is 22.7 Å². The lowest BCUT2D eigenvalue weighted by molar-refractivity contribution is -0.137. The number of hydrogen-bond acceptors (Lipinski definition) is 5. The van der Waals surface area contributed by atoms with Gasteiger partial charge in [-0.15, -0.1) is 0 Å². The van der Waals surface area contributed by atoms with Gasteiger partial charge in [-0.05, 0) is 24.6 Å². The maximum Gasteiger partial charge on any atom is 0.311 e. The highest BCUT2D eigenvalue weighted by atomic mass is 16.4. The standard InChI is InChI=1S/C14H14N2O5/c1-8-11(7-13(19)20)21-14(15-8)16-10-4-2-9(3-5-10)6-12(17)18/h2-5H,6-7H2,1H3,(H,15,16)(H,17,18)(H,19,20). The molecule has 0 saturated heterocycles. The molecule has 0 fully saturated rings. The van der Waals surface area contributed by atoms with Crippen LogP contribution >= 0.6 is 0 Å². The Morgan fingerprint density at radius 3 is 2.33 bits per heavy atom. The highest BCUT2D eigenvalue weighted by Crippen LogP contribution is 2.20. The SMILES string of the molecule is Cc1nc(Nc2ccc(CC(=O)O)cc2)oc1CC(=O)O. The predicted octanol–water partition coefficient (Wildman–Crippen LogP) is 1.98. The van der Waals surface area contributed by atoms with Crippen LogP contribution in [0.3, 0.4) is 0 Å². The van der Waals surface area contributed by atoms with Gasteiger partial charge in [0.05, 0.1) is 12.1 Å². The second kappa shape index (κ2) is 6.08. The predicted molar refractivity (Wildman–Crippen MR) is 73.6 cm³/mol. The van der Waals surface area contributed by atoms with Gasteiger partial charge in [0.15, 0.2) is 0 Å². The third-order valence-electron chi connectivity index (χ3n) is 2.77. The highest BCUT2D eigenvalue weighted by molar-refractivity contribution is 5.71. The molecule has 7 nitrogen and oxygen atoms in total. The smallest absolute Gasteiger partial charge is 0.311 e. The number of aromatic nitrogens is 1. The van der Waals surface area contributed by atoms with Crippen molar-refractivity contribution in [2.75, 3.05) is 5.32 Å². The van der Waals surface area contributed by atoms with Crippen LogP contribution in [-0.2, 0) is 22.4 Å². The molecule has 0 amide bonds. The van der Waals surface area contributed by atoms with Crippen molar-refractivity contribution in [3.8, 4) is 0 Å². The van der Waals surface area contributed by atoms with Crippen LogP contribution in [0.2, 0.25) is 0 Å². The van der Waals surface area contributed by atoms with Gasteiger partial charge in [0, 0.05) is 5.69 Å². The lowest BCUT2D eigenvalue weighted by Crippen LogP contribution is -2.00. The molecule has 7 heteroatoms. The Morgan fingerprint density at radius 1 is 1.14 bits per heavy atom. The van der Waals surface area contributed by atoms with Crippen LogP contribution < -0.4 is 5.32 Å². The molecule has 0 saturated carbocycles. The van der Waals surface area contributed by atoms with Crippen LogP contribution in [-0.4, -0.2) is 27.1 Å². The molecule has 110 valence electrons. The maximum absolute atomic E-state index is 10.7. The molecule has 3 N–H and O–H groups in total. The molecule has 0 radical (unpaired) electrons. The minimum absolute atomic E-state index is 0.0405. The van der Waals surface area contributed by atoms with Crippen molar-refractivity contribution in [3.63, 3.8) is 0 Å². The number of rotatable bonds is 6. The molecule has 0 aliphatic heterocycles. The number of carboxylic acid groups (broad SMARTS) is 2. The van der Waals surface area contributed by atoms with Crippen molar-refractivity contribution < 1.29 is 24.2 Å². The minimum atomic E-state index is -0.987. The van der Waals surface area contributed by atoms with Gasteiger partial charge in [-0.2, -0.15) is 4.98 Å². The van der Waals surface area contributed by atoms with E-state index >= 15 is 0 Å². The first kappa shape index (κ1) is 14.6. The van der Waals surface area contributed by atoms with Crippen LogP contribution in [0, 0.1) is 6.92 Å². The summed E-state index contributed by atoms with van der Waals surface area (Å²) in [5, 5.41) is 20.3. The van der Waals surface area contributed by atoms with E-state index in [9.17, 15) is 9.59 Å². The molecule has 1 aromatic heterocycles.